The van der Waals surface area contributed by atoms with Gasteiger partial charge in [0.1, 0.15) is 4.90 Å². The number of amides is 1. The summed E-state index contributed by atoms with van der Waals surface area (Å²) in [6.07, 6.45) is 4.01. The van der Waals surface area contributed by atoms with E-state index in [2.05, 4.69) is 20.9 Å². The Morgan fingerprint density at radius 3 is 2.79 bits per heavy atom. The van der Waals surface area contributed by atoms with E-state index in [-0.39, 0.29) is 22.5 Å². The average molecular weight is 489 g/mol. The average Bonchev–Trinajstić information content (AvgIpc) is 3.47. The van der Waals surface area contributed by atoms with Crippen LogP contribution in [0.1, 0.15) is 39.5 Å². The molecule has 0 bridgehead atoms. The normalized spacial score (nSPS) is 16.5. The van der Waals surface area contributed by atoms with Crippen LogP contribution in [0.15, 0.2) is 33.7 Å². The van der Waals surface area contributed by atoms with Gasteiger partial charge >= 0.3 is 11.8 Å². The molecular weight excluding hydrogens is 464 g/mol. The lowest BCUT2D eigenvalue weighted by Crippen LogP contribution is -2.40. The van der Waals surface area contributed by atoms with Crippen LogP contribution in [0.2, 0.25) is 0 Å². The van der Waals surface area contributed by atoms with Crippen LogP contribution in [0.5, 0.6) is 0 Å². The molecule has 1 N–H and O–H groups in total. The number of benzene rings is 1. The van der Waals surface area contributed by atoms with E-state index in [1.165, 1.54) is 23.0 Å². The number of carbonyl (C=O) groups is 1. The Morgan fingerprint density at radius 2 is 1.97 bits per heavy atom. The van der Waals surface area contributed by atoms with Crippen molar-refractivity contribution >= 4 is 33.0 Å². The summed E-state index contributed by atoms with van der Waals surface area (Å²) in [7, 11) is -3.81. The van der Waals surface area contributed by atoms with E-state index in [1.54, 1.807) is 11.8 Å². The number of thiophene rings is 1. The highest BCUT2D eigenvalue weighted by Gasteiger charge is 2.27. The number of nitrogens with zero attached hydrogens (tertiary/aromatic N) is 3. The number of hydrogen-bond donors (Lipinski definition) is 1. The second-order valence-corrected chi connectivity index (χ2v) is 11.0. The van der Waals surface area contributed by atoms with Crippen LogP contribution in [-0.4, -0.2) is 55.7 Å². The summed E-state index contributed by atoms with van der Waals surface area (Å²) in [6, 6.07) is 7.30. The minimum absolute atomic E-state index is 0.114. The second-order valence-electron chi connectivity index (χ2n) is 8.11. The number of anilines is 1. The second kappa shape index (κ2) is 8.88. The quantitative estimate of drug-likeness (QED) is 0.586. The van der Waals surface area contributed by atoms with Gasteiger partial charge < -0.3 is 14.2 Å². The summed E-state index contributed by atoms with van der Waals surface area (Å²) in [5, 5.41) is 3.91. The van der Waals surface area contributed by atoms with Crippen LogP contribution in [0.4, 0.5) is 5.69 Å². The third-order valence-corrected chi connectivity index (χ3v) is 8.60. The maximum atomic E-state index is 13.2. The smallest absolute Gasteiger partial charge is 0.316 e. The molecule has 0 radical (unpaired) electrons. The molecule has 0 spiro atoms. The molecule has 174 valence electrons. The molecule has 2 aromatic heterocycles. The molecule has 1 aromatic carbocycles. The molecule has 11 heteroatoms. The molecule has 1 fully saturated rings. The van der Waals surface area contributed by atoms with Crippen LogP contribution < -0.4 is 4.72 Å². The number of aryl methyl sites for hydroxylation is 2. The van der Waals surface area contributed by atoms with Crippen molar-refractivity contribution in [1.82, 2.24) is 15.0 Å². The maximum Gasteiger partial charge on any atom is 0.316 e. The first-order valence-corrected chi connectivity index (χ1v) is 13.2. The van der Waals surface area contributed by atoms with Crippen molar-refractivity contribution < 1.29 is 22.5 Å². The van der Waals surface area contributed by atoms with E-state index in [0.29, 0.717) is 41.7 Å². The topological polar surface area (TPSA) is 115 Å². The van der Waals surface area contributed by atoms with Gasteiger partial charge in [0.2, 0.25) is 5.82 Å². The SMILES string of the molecule is Cc1sc(-c2noc(C(=O)N3CCOCC3)n2)cc1S(=O)(=O)Nc1cccc2c1CCCC2. The maximum absolute atomic E-state index is 13.2. The summed E-state index contributed by atoms with van der Waals surface area (Å²) in [6.45, 7) is 3.60. The molecule has 2 aliphatic rings. The highest BCUT2D eigenvalue weighted by molar-refractivity contribution is 7.93. The number of aromatic nitrogens is 2. The van der Waals surface area contributed by atoms with Gasteiger partial charge in [0.05, 0.1) is 23.8 Å². The Bertz CT molecular complexity index is 1290. The molecular formula is C22H24N4O5S2. The van der Waals surface area contributed by atoms with Gasteiger partial charge in [-0.1, -0.05) is 17.3 Å². The van der Waals surface area contributed by atoms with Gasteiger partial charge in [-0.15, -0.1) is 11.3 Å². The Balaban J connectivity index is 1.39. The first kappa shape index (κ1) is 22.1. The fraction of sp³-hybridized carbons (Fsp3) is 0.409. The largest absolute Gasteiger partial charge is 0.378 e. The number of carbonyl (C=O) groups excluding carboxylic acids is 1. The number of morpholine rings is 1. The van der Waals surface area contributed by atoms with E-state index >= 15 is 0 Å². The molecule has 5 rings (SSSR count). The van der Waals surface area contributed by atoms with E-state index in [1.807, 2.05) is 12.1 Å². The minimum Gasteiger partial charge on any atom is -0.378 e. The van der Waals surface area contributed by atoms with Gasteiger partial charge in [0, 0.05) is 18.0 Å². The molecule has 1 amide bonds. The molecule has 3 aromatic rings. The van der Waals surface area contributed by atoms with Gasteiger partial charge in [-0.3, -0.25) is 9.52 Å². The van der Waals surface area contributed by atoms with Gasteiger partial charge in [-0.2, -0.15) is 4.98 Å². The molecule has 0 saturated carbocycles. The van der Waals surface area contributed by atoms with Gasteiger partial charge in [-0.05, 0) is 55.9 Å². The van der Waals surface area contributed by atoms with Crippen molar-refractivity contribution in [2.75, 3.05) is 31.0 Å². The highest BCUT2D eigenvalue weighted by atomic mass is 32.2. The fourth-order valence-corrected chi connectivity index (χ4v) is 6.84. The summed E-state index contributed by atoms with van der Waals surface area (Å²) in [5.74, 6) is -0.275. The van der Waals surface area contributed by atoms with Gasteiger partial charge in [0.25, 0.3) is 10.0 Å². The number of fused-ring (bicyclic) bond motifs is 1. The van der Waals surface area contributed by atoms with Crippen molar-refractivity contribution in [3.63, 3.8) is 0 Å². The van der Waals surface area contributed by atoms with E-state index in [9.17, 15) is 13.2 Å². The predicted molar refractivity (Wildman–Crippen MR) is 123 cm³/mol. The van der Waals surface area contributed by atoms with E-state index in [4.69, 9.17) is 9.26 Å². The van der Waals surface area contributed by atoms with Crippen molar-refractivity contribution in [3.05, 3.63) is 46.2 Å². The van der Waals surface area contributed by atoms with E-state index < -0.39 is 10.0 Å². The number of ether oxygens (including phenoxy) is 1. The molecule has 0 atom stereocenters. The predicted octanol–water partition coefficient (Wildman–Crippen LogP) is 3.26. The van der Waals surface area contributed by atoms with Crippen molar-refractivity contribution in [1.29, 1.82) is 0 Å². The molecule has 9 nitrogen and oxygen atoms in total. The number of hydrogen-bond acceptors (Lipinski definition) is 8. The summed E-state index contributed by atoms with van der Waals surface area (Å²) in [5.41, 5.74) is 2.91. The van der Waals surface area contributed by atoms with Crippen molar-refractivity contribution in [3.8, 4) is 10.7 Å². The summed E-state index contributed by atoms with van der Waals surface area (Å²) < 4.78 is 39.7. The molecule has 33 heavy (non-hydrogen) atoms. The molecule has 3 heterocycles. The summed E-state index contributed by atoms with van der Waals surface area (Å²) >= 11 is 1.25. The molecule has 1 saturated heterocycles. The lowest BCUT2D eigenvalue weighted by Gasteiger charge is -2.25. The Labute approximate surface area is 195 Å². The monoisotopic (exact) mass is 488 g/mol. The molecule has 0 unspecified atom stereocenters. The zero-order valence-corrected chi connectivity index (χ0v) is 19.8. The Hall–Kier alpha value is -2.76. The third-order valence-electron chi connectivity index (χ3n) is 5.93. The zero-order chi connectivity index (χ0) is 23.0. The third kappa shape index (κ3) is 4.40. The Kier molecular flexibility index (Phi) is 5.94. The van der Waals surface area contributed by atoms with E-state index in [0.717, 1.165) is 31.2 Å². The molecule has 1 aliphatic heterocycles. The lowest BCUT2D eigenvalue weighted by atomic mass is 9.91. The van der Waals surface area contributed by atoms with Crippen LogP contribution in [-0.2, 0) is 27.6 Å². The summed E-state index contributed by atoms with van der Waals surface area (Å²) in [4.78, 5) is 19.7. The van der Waals surface area contributed by atoms with Crippen LogP contribution in [0, 0.1) is 6.92 Å². The zero-order valence-electron chi connectivity index (χ0n) is 18.2. The number of nitrogens with one attached hydrogen (secondary N) is 1. The lowest BCUT2D eigenvalue weighted by molar-refractivity contribution is 0.0272. The minimum atomic E-state index is -3.81. The van der Waals surface area contributed by atoms with Crippen LogP contribution in [0.3, 0.4) is 0 Å². The van der Waals surface area contributed by atoms with Crippen molar-refractivity contribution in [2.45, 2.75) is 37.5 Å². The Morgan fingerprint density at radius 1 is 1.18 bits per heavy atom. The number of rotatable bonds is 5. The van der Waals surface area contributed by atoms with Crippen molar-refractivity contribution in [2.24, 2.45) is 0 Å². The first-order chi connectivity index (χ1) is 15.9. The van der Waals surface area contributed by atoms with Crippen LogP contribution in [0.25, 0.3) is 10.7 Å². The molecule has 1 aliphatic carbocycles. The highest BCUT2D eigenvalue weighted by Crippen LogP contribution is 2.35. The first-order valence-electron chi connectivity index (χ1n) is 10.9. The van der Waals surface area contributed by atoms with Gasteiger partial charge in [0.15, 0.2) is 0 Å². The van der Waals surface area contributed by atoms with Crippen LogP contribution >= 0.6 is 11.3 Å². The standard InChI is InChI=1S/C22H24N4O5S2/c1-14-19(33(28,29)25-17-8-4-6-15-5-2-3-7-16(15)17)13-18(32-14)20-23-21(31-24-20)22(27)26-9-11-30-12-10-26/h4,6,8,13,25H,2-3,5,7,9-12H2,1H3. The number of sulfonamides is 1. The fourth-order valence-electron chi connectivity index (χ4n) is 4.23. The van der Waals surface area contributed by atoms with Gasteiger partial charge in [-0.25, -0.2) is 8.42 Å².